The number of hydrogen-bond acceptors (Lipinski definition) is 4. The van der Waals surface area contributed by atoms with Crippen molar-refractivity contribution in [2.75, 3.05) is 20.1 Å². The topological polar surface area (TPSA) is 63.4 Å². The van der Waals surface area contributed by atoms with Gasteiger partial charge in [-0.2, -0.15) is 0 Å². The zero-order valence-electron chi connectivity index (χ0n) is 16.3. The van der Waals surface area contributed by atoms with Gasteiger partial charge in [-0.3, -0.25) is 9.59 Å². The summed E-state index contributed by atoms with van der Waals surface area (Å²) in [6.07, 6.45) is 3.13. The molecule has 2 N–H and O–H groups in total. The van der Waals surface area contributed by atoms with Crippen molar-refractivity contribution in [2.45, 2.75) is 66.8 Å². The molecule has 0 radical (unpaired) electrons. The van der Waals surface area contributed by atoms with Crippen molar-refractivity contribution in [3.05, 3.63) is 0 Å². The van der Waals surface area contributed by atoms with Gasteiger partial charge in [0.25, 0.3) is 0 Å². The van der Waals surface area contributed by atoms with E-state index in [-0.39, 0.29) is 29.6 Å². The molecule has 0 aromatic rings. The number of piperidine rings is 1. The number of hydrogen-bond donors (Lipinski definition) is 1. The van der Waals surface area contributed by atoms with E-state index in [1.165, 1.54) is 12.8 Å². The maximum Gasteiger partial charge on any atom is 0.152 e. The van der Waals surface area contributed by atoms with Crippen molar-refractivity contribution in [3.8, 4) is 0 Å². The summed E-state index contributed by atoms with van der Waals surface area (Å²) >= 11 is 0. The number of rotatable bonds is 6. The van der Waals surface area contributed by atoms with E-state index in [2.05, 4.69) is 18.9 Å². The predicted octanol–water partition coefficient (Wildman–Crippen LogP) is 3.14. The maximum absolute atomic E-state index is 11.8. The van der Waals surface area contributed by atoms with Crippen molar-refractivity contribution < 1.29 is 9.59 Å². The Kier molecular flexibility index (Phi) is 10.6. The first kappa shape index (κ1) is 22.3. The number of nitrogens with two attached hydrogens (primary N) is 1. The zero-order chi connectivity index (χ0) is 18.2. The lowest BCUT2D eigenvalue weighted by Crippen LogP contribution is -2.35. The van der Waals surface area contributed by atoms with E-state index < -0.39 is 0 Å². The first-order valence-electron chi connectivity index (χ1n) is 9.13. The van der Waals surface area contributed by atoms with E-state index in [0.717, 1.165) is 19.5 Å². The second kappa shape index (κ2) is 10.9. The molecule has 2 unspecified atom stereocenters. The molecule has 4 nitrogen and oxygen atoms in total. The Morgan fingerprint density at radius 3 is 1.74 bits per heavy atom. The summed E-state index contributed by atoms with van der Waals surface area (Å²) < 4.78 is 0. The molecule has 1 fully saturated rings. The smallest absolute Gasteiger partial charge is 0.152 e. The molecule has 0 saturated carbocycles. The van der Waals surface area contributed by atoms with E-state index in [4.69, 9.17) is 5.73 Å². The fourth-order valence-corrected chi connectivity index (χ4v) is 2.92. The molecule has 0 amide bonds. The van der Waals surface area contributed by atoms with Crippen molar-refractivity contribution in [3.63, 3.8) is 0 Å². The van der Waals surface area contributed by atoms with Crippen LogP contribution >= 0.6 is 0 Å². The number of carbonyl (C=O) groups is 2. The number of Topliss-reactive ketones (excluding diaryl/α,β-unsaturated/α-hetero) is 2. The number of ketones is 2. The van der Waals surface area contributed by atoms with Crippen LogP contribution in [0.1, 0.15) is 60.8 Å². The van der Waals surface area contributed by atoms with Crippen LogP contribution < -0.4 is 5.73 Å². The van der Waals surface area contributed by atoms with Crippen LogP contribution in [0.2, 0.25) is 0 Å². The number of nitrogens with zero attached hydrogens (tertiary/aromatic N) is 1. The zero-order valence-corrected chi connectivity index (χ0v) is 16.3. The van der Waals surface area contributed by atoms with Crippen LogP contribution in [0.3, 0.4) is 0 Å². The Balaban J connectivity index is 0.000000468. The predicted molar refractivity (Wildman–Crippen MR) is 97.3 cm³/mol. The molecule has 1 heterocycles. The largest absolute Gasteiger partial charge is 0.322 e. The first-order chi connectivity index (χ1) is 10.6. The molecule has 23 heavy (non-hydrogen) atoms. The fourth-order valence-electron chi connectivity index (χ4n) is 2.92. The van der Waals surface area contributed by atoms with E-state index in [9.17, 15) is 9.59 Å². The summed E-state index contributed by atoms with van der Waals surface area (Å²) in [5.74, 6) is 1.78. The molecule has 0 aromatic heterocycles. The standard InChI is InChI=1S/C12H23NO.C7H15NO/c1-9(2)12(14)10(3)11-5-7-13(4)8-6-11;1-4-6(8)7(9)5(2)3/h9-11H,5-8H2,1-4H3;5-6H,4,8H2,1-3H3. The molecule has 2 atom stereocenters. The molecular formula is C19H38N2O2. The second-order valence-corrected chi connectivity index (χ2v) is 7.56. The van der Waals surface area contributed by atoms with Gasteiger partial charge in [0.05, 0.1) is 6.04 Å². The van der Waals surface area contributed by atoms with E-state index >= 15 is 0 Å². The lowest BCUT2D eigenvalue weighted by atomic mass is 9.80. The average molecular weight is 327 g/mol. The van der Waals surface area contributed by atoms with Crippen LogP contribution in [-0.4, -0.2) is 42.6 Å². The third kappa shape index (κ3) is 8.07. The quantitative estimate of drug-likeness (QED) is 0.814. The highest BCUT2D eigenvalue weighted by Gasteiger charge is 2.27. The Labute approximate surface area is 143 Å². The minimum absolute atomic E-state index is 0.0833. The normalized spacial score (nSPS) is 19.2. The minimum Gasteiger partial charge on any atom is -0.322 e. The van der Waals surface area contributed by atoms with Crippen molar-refractivity contribution in [2.24, 2.45) is 29.4 Å². The molecule has 1 aliphatic heterocycles. The first-order valence-corrected chi connectivity index (χ1v) is 9.13. The van der Waals surface area contributed by atoms with Crippen LogP contribution in [0, 0.1) is 23.7 Å². The van der Waals surface area contributed by atoms with Gasteiger partial charge < -0.3 is 10.6 Å². The Bertz CT molecular complexity index is 358. The van der Waals surface area contributed by atoms with E-state index in [0.29, 0.717) is 11.7 Å². The molecule has 1 aliphatic rings. The monoisotopic (exact) mass is 326 g/mol. The van der Waals surface area contributed by atoms with Gasteiger partial charge in [0.2, 0.25) is 0 Å². The number of likely N-dealkylation sites (tertiary alicyclic amines) is 1. The van der Waals surface area contributed by atoms with Crippen LogP contribution in [0.4, 0.5) is 0 Å². The lowest BCUT2D eigenvalue weighted by molar-refractivity contribution is -0.127. The highest BCUT2D eigenvalue weighted by atomic mass is 16.1. The molecule has 0 spiro atoms. The van der Waals surface area contributed by atoms with E-state index in [1.807, 2.05) is 34.6 Å². The Hall–Kier alpha value is -0.740. The van der Waals surface area contributed by atoms with Gasteiger partial charge in [-0.25, -0.2) is 0 Å². The lowest BCUT2D eigenvalue weighted by Gasteiger charge is -2.32. The van der Waals surface area contributed by atoms with Crippen LogP contribution in [-0.2, 0) is 9.59 Å². The molecule has 4 heteroatoms. The SMILES string of the molecule is CC(C)C(=O)C(C)C1CCN(C)CC1.CCC(N)C(=O)C(C)C. The van der Waals surface area contributed by atoms with Gasteiger partial charge in [-0.05, 0) is 45.3 Å². The van der Waals surface area contributed by atoms with Gasteiger partial charge >= 0.3 is 0 Å². The van der Waals surface area contributed by atoms with Gasteiger partial charge in [0.1, 0.15) is 5.78 Å². The molecule has 1 rings (SSSR count). The molecule has 1 saturated heterocycles. The van der Waals surface area contributed by atoms with Crippen LogP contribution in [0.15, 0.2) is 0 Å². The summed E-state index contributed by atoms with van der Waals surface area (Å²) in [6, 6.07) is -0.245. The van der Waals surface area contributed by atoms with Crippen LogP contribution in [0.5, 0.6) is 0 Å². The summed E-state index contributed by atoms with van der Waals surface area (Å²) in [5, 5.41) is 0. The molecular weight excluding hydrogens is 288 g/mol. The molecule has 136 valence electrons. The molecule has 0 aliphatic carbocycles. The summed E-state index contributed by atoms with van der Waals surface area (Å²) in [6.45, 7) is 14.1. The van der Waals surface area contributed by atoms with E-state index in [1.54, 1.807) is 0 Å². The van der Waals surface area contributed by atoms with Gasteiger partial charge in [-0.15, -0.1) is 0 Å². The third-order valence-electron chi connectivity index (χ3n) is 4.86. The fraction of sp³-hybridized carbons (Fsp3) is 0.895. The second-order valence-electron chi connectivity index (χ2n) is 7.56. The van der Waals surface area contributed by atoms with Gasteiger partial charge in [0, 0.05) is 17.8 Å². The maximum atomic E-state index is 11.8. The Morgan fingerprint density at radius 1 is 1.00 bits per heavy atom. The minimum atomic E-state index is -0.245. The summed E-state index contributed by atoms with van der Waals surface area (Å²) in [5.41, 5.74) is 5.47. The Morgan fingerprint density at radius 2 is 1.43 bits per heavy atom. The highest BCUT2D eigenvalue weighted by molar-refractivity contribution is 5.85. The molecule has 0 bridgehead atoms. The number of carbonyl (C=O) groups excluding carboxylic acids is 2. The van der Waals surface area contributed by atoms with Crippen molar-refractivity contribution in [1.29, 1.82) is 0 Å². The average Bonchev–Trinajstić information content (AvgIpc) is 2.53. The summed E-state index contributed by atoms with van der Waals surface area (Å²) in [4.78, 5) is 25.1. The summed E-state index contributed by atoms with van der Waals surface area (Å²) in [7, 11) is 2.16. The van der Waals surface area contributed by atoms with Gasteiger partial charge in [-0.1, -0.05) is 41.5 Å². The van der Waals surface area contributed by atoms with Crippen LogP contribution in [0.25, 0.3) is 0 Å². The highest BCUT2D eigenvalue weighted by Crippen LogP contribution is 2.26. The molecule has 0 aromatic carbocycles. The van der Waals surface area contributed by atoms with Gasteiger partial charge in [0.15, 0.2) is 5.78 Å². The third-order valence-corrected chi connectivity index (χ3v) is 4.86. The van der Waals surface area contributed by atoms with Crippen molar-refractivity contribution >= 4 is 11.6 Å². The van der Waals surface area contributed by atoms with Crippen molar-refractivity contribution in [1.82, 2.24) is 4.90 Å².